The van der Waals surface area contributed by atoms with Gasteiger partial charge in [-0.1, -0.05) is 6.07 Å². The molecule has 0 amide bonds. The van der Waals surface area contributed by atoms with E-state index in [0.29, 0.717) is 0 Å². The Morgan fingerprint density at radius 2 is 2.33 bits per heavy atom. The van der Waals surface area contributed by atoms with Gasteiger partial charge in [0.1, 0.15) is 11.0 Å². The Balaban J connectivity index is 2.39. The fourth-order valence-electron chi connectivity index (χ4n) is 1.20. The summed E-state index contributed by atoms with van der Waals surface area (Å²) in [5.41, 5.74) is 1.48. The first-order chi connectivity index (χ1) is 7.20. The van der Waals surface area contributed by atoms with Crippen LogP contribution >= 0.6 is 15.9 Å². The summed E-state index contributed by atoms with van der Waals surface area (Å²) in [5, 5.41) is 8.29. The number of ether oxygens (including phenoxy) is 1. The lowest BCUT2D eigenvalue weighted by Gasteiger charge is -1.95. The van der Waals surface area contributed by atoms with Crippen LogP contribution in [-0.4, -0.2) is 28.1 Å². The van der Waals surface area contributed by atoms with E-state index in [1.165, 1.54) is 11.9 Å². The zero-order valence-corrected chi connectivity index (χ0v) is 9.56. The molecule has 15 heavy (non-hydrogen) atoms. The largest absolute Gasteiger partial charge is 0.468 e. The molecule has 0 saturated carbocycles. The Bertz CT molecular complexity index is 509. The van der Waals surface area contributed by atoms with Crippen LogP contribution in [0.1, 0.15) is 0 Å². The second-order valence-electron chi connectivity index (χ2n) is 2.91. The summed E-state index contributed by atoms with van der Waals surface area (Å²) in [5.74, 6) is -0.369. The summed E-state index contributed by atoms with van der Waals surface area (Å²) >= 11 is 3.36. The van der Waals surface area contributed by atoms with Crippen LogP contribution in [0.2, 0.25) is 0 Å². The van der Waals surface area contributed by atoms with Crippen molar-refractivity contribution in [3.8, 4) is 0 Å². The summed E-state index contributed by atoms with van der Waals surface area (Å²) in [6, 6.07) is 5.57. The highest BCUT2D eigenvalue weighted by Gasteiger charge is 2.08. The van der Waals surface area contributed by atoms with Crippen LogP contribution in [0.4, 0.5) is 0 Å². The molecule has 0 fully saturated rings. The van der Waals surface area contributed by atoms with Gasteiger partial charge in [-0.2, -0.15) is 15.0 Å². The summed E-state index contributed by atoms with van der Waals surface area (Å²) in [6.07, 6.45) is 0. The fraction of sp³-hybridized carbons (Fsp3) is 0.222. The standard InChI is InChI=1S/C9H8BrN3O2/c1-15-8(14)5-13-11-7-4-2-3-6(10)9(7)12-13/h2-4H,5H2,1H3. The van der Waals surface area contributed by atoms with E-state index in [-0.39, 0.29) is 12.5 Å². The van der Waals surface area contributed by atoms with E-state index in [9.17, 15) is 4.79 Å². The molecule has 5 nitrogen and oxygen atoms in total. The molecule has 0 aliphatic rings. The highest BCUT2D eigenvalue weighted by atomic mass is 79.9. The molecule has 0 aliphatic carbocycles. The number of methoxy groups -OCH3 is 1. The van der Waals surface area contributed by atoms with Crippen LogP contribution in [0.5, 0.6) is 0 Å². The second kappa shape index (κ2) is 3.98. The minimum Gasteiger partial charge on any atom is -0.468 e. The van der Waals surface area contributed by atoms with E-state index in [4.69, 9.17) is 0 Å². The average Bonchev–Trinajstić information content (AvgIpc) is 2.62. The van der Waals surface area contributed by atoms with Crippen LogP contribution < -0.4 is 0 Å². The molecule has 0 aliphatic heterocycles. The van der Waals surface area contributed by atoms with Gasteiger partial charge in [0, 0.05) is 4.47 Å². The van der Waals surface area contributed by atoms with Crippen molar-refractivity contribution < 1.29 is 9.53 Å². The summed E-state index contributed by atoms with van der Waals surface area (Å²) in [4.78, 5) is 12.3. The number of esters is 1. The zero-order valence-electron chi connectivity index (χ0n) is 7.98. The topological polar surface area (TPSA) is 57.0 Å². The molecule has 1 heterocycles. The second-order valence-corrected chi connectivity index (χ2v) is 3.77. The van der Waals surface area contributed by atoms with E-state index in [1.54, 1.807) is 0 Å². The van der Waals surface area contributed by atoms with Gasteiger partial charge in [0.2, 0.25) is 0 Å². The normalized spacial score (nSPS) is 10.5. The number of rotatable bonds is 2. The van der Waals surface area contributed by atoms with Gasteiger partial charge in [0.15, 0.2) is 6.54 Å². The van der Waals surface area contributed by atoms with Crippen LogP contribution in [0.25, 0.3) is 11.0 Å². The van der Waals surface area contributed by atoms with Gasteiger partial charge in [-0.3, -0.25) is 0 Å². The van der Waals surface area contributed by atoms with Gasteiger partial charge in [-0.15, -0.1) is 0 Å². The van der Waals surface area contributed by atoms with Crippen molar-refractivity contribution in [2.45, 2.75) is 6.54 Å². The molecular formula is C9H8BrN3O2. The molecule has 0 atom stereocenters. The maximum Gasteiger partial charge on any atom is 0.329 e. The van der Waals surface area contributed by atoms with Gasteiger partial charge >= 0.3 is 5.97 Å². The van der Waals surface area contributed by atoms with E-state index in [2.05, 4.69) is 30.9 Å². The first-order valence-electron chi connectivity index (χ1n) is 4.27. The molecule has 0 N–H and O–H groups in total. The molecule has 0 saturated heterocycles. The lowest BCUT2D eigenvalue weighted by molar-refractivity contribution is -0.141. The van der Waals surface area contributed by atoms with Crippen LogP contribution in [0.3, 0.4) is 0 Å². The fourth-order valence-corrected chi connectivity index (χ4v) is 1.63. The van der Waals surface area contributed by atoms with Gasteiger partial charge in [-0.05, 0) is 28.1 Å². The average molecular weight is 270 g/mol. The van der Waals surface area contributed by atoms with Gasteiger partial charge < -0.3 is 4.74 Å². The third-order valence-corrected chi connectivity index (χ3v) is 2.54. The Labute approximate surface area is 94.1 Å². The number of fused-ring (bicyclic) bond motifs is 1. The molecule has 2 rings (SSSR count). The van der Waals surface area contributed by atoms with E-state index in [1.807, 2.05) is 18.2 Å². The highest BCUT2D eigenvalue weighted by Crippen LogP contribution is 2.19. The third kappa shape index (κ3) is 1.99. The van der Waals surface area contributed by atoms with E-state index < -0.39 is 0 Å². The smallest absolute Gasteiger partial charge is 0.329 e. The van der Waals surface area contributed by atoms with Crippen molar-refractivity contribution in [3.63, 3.8) is 0 Å². The van der Waals surface area contributed by atoms with Crippen LogP contribution in [0.15, 0.2) is 22.7 Å². The minimum absolute atomic E-state index is 0.0254. The first kappa shape index (κ1) is 10.1. The molecule has 0 bridgehead atoms. The number of carbonyl (C=O) groups is 1. The molecular weight excluding hydrogens is 262 g/mol. The Kier molecular flexibility index (Phi) is 2.68. The zero-order chi connectivity index (χ0) is 10.8. The monoisotopic (exact) mass is 269 g/mol. The Morgan fingerprint density at radius 3 is 3.00 bits per heavy atom. The molecule has 2 aromatic rings. The van der Waals surface area contributed by atoms with E-state index >= 15 is 0 Å². The van der Waals surface area contributed by atoms with E-state index in [0.717, 1.165) is 15.5 Å². The number of hydrogen-bond acceptors (Lipinski definition) is 4. The predicted octanol–water partition coefficient (Wildman–Crippen LogP) is 1.37. The SMILES string of the molecule is COC(=O)Cn1nc2cccc(Br)c2n1. The van der Waals surface area contributed by atoms with Gasteiger partial charge in [-0.25, -0.2) is 4.79 Å². The molecule has 0 unspecified atom stereocenters. The Morgan fingerprint density at radius 1 is 1.53 bits per heavy atom. The lowest BCUT2D eigenvalue weighted by atomic mass is 10.3. The molecule has 78 valence electrons. The Hall–Kier alpha value is -1.43. The van der Waals surface area contributed by atoms with Crippen molar-refractivity contribution in [3.05, 3.63) is 22.7 Å². The minimum atomic E-state index is -0.369. The first-order valence-corrected chi connectivity index (χ1v) is 5.06. The summed E-state index contributed by atoms with van der Waals surface area (Å²) in [7, 11) is 1.33. The maximum absolute atomic E-state index is 11.0. The molecule has 6 heteroatoms. The van der Waals surface area contributed by atoms with Gasteiger partial charge in [0.25, 0.3) is 0 Å². The molecule has 0 spiro atoms. The van der Waals surface area contributed by atoms with Crippen molar-refractivity contribution in [2.75, 3.05) is 7.11 Å². The number of hydrogen-bond donors (Lipinski definition) is 0. The number of carbonyl (C=O) groups excluding carboxylic acids is 1. The van der Waals surface area contributed by atoms with Crippen molar-refractivity contribution in [1.82, 2.24) is 15.0 Å². The van der Waals surface area contributed by atoms with Crippen LogP contribution in [0, 0.1) is 0 Å². The maximum atomic E-state index is 11.0. The van der Waals surface area contributed by atoms with Gasteiger partial charge in [0.05, 0.1) is 7.11 Å². The van der Waals surface area contributed by atoms with Crippen LogP contribution in [-0.2, 0) is 16.1 Å². The number of nitrogens with zero attached hydrogens (tertiary/aromatic N) is 3. The lowest BCUT2D eigenvalue weighted by Crippen LogP contribution is -2.13. The number of benzene rings is 1. The number of halogens is 1. The van der Waals surface area contributed by atoms with Crippen molar-refractivity contribution in [1.29, 1.82) is 0 Å². The quantitative estimate of drug-likeness (QED) is 0.773. The molecule has 1 aromatic carbocycles. The third-order valence-electron chi connectivity index (χ3n) is 1.90. The highest BCUT2D eigenvalue weighted by molar-refractivity contribution is 9.10. The van der Waals surface area contributed by atoms with Crippen molar-refractivity contribution >= 4 is 32.9 Å². The summed E-state index contributed by atoms with van der Waals surface area (Å²) in [6.45, 7) is 0.0254. The predicted molar refractivity (Wildman–Crippen MR) is 57.2 cm³/mol. The molecule has 1 aromatic heterocycles. The number of aromatic nitrogens is 3. The summed E-state index contributed by atoms with van der Waals surface area (Å²) < 4.78 is 5.39. The van der Waals surface area contributed by atoms with Crippen molar-refractivity contribution in [2.24, 2.45) is 0 Å². The molecule has 0 radical (unpaired) electrons.